The Hall–Kier alpha value is -3.19. The van der Waals surface area contributed by atoms with Gasteiger partial charge < -0.3 is 15.2 Å². The van der Waals surface area contributed by atoms with Crippen LogP contribution in [-0.4, -0.2) is 49.0 Å². The molecule has 0 bridgehead atoms. The van der Waals surface area contributed by atoms with Gasteiger partial charge in [0.15, 0.2) is 0 Å². The molecule has 1 aliphatic rings. The summed E-state index contributed by atoms with van der Waals surface area (Å²) in [6.07, 6.45) is 0.910. The highest BCUT2D eigenvalue weighted by atomic mass is 16.5. The smallest absolute Gasteiger partial charge is 0.322 e. The molecular formula is C21H22N2O5. The van der Waals surface area contributed by atoms with Crippen LogP contribution in [0.3, 0.4) is 0 Å². The molecule has 7 heteroatoms. The first-order valence-electron chi connectivity index (χ1n) is 9.01. The molecular weight excluding hydrogens is 360 g/mol. The van der Waals surface area contributed by atoms with Gasteiger partial charge in [-0.3, -0.25) is 19.3 Å². The molecule has 7 nitrogen and oxygen atoms in total. The summed E-state index contributed by atoms with van der Waals surface area (Å²) in [5.41, 5.74) is 7.55. The monoisotopic (exact) mass is 382 g/mol. The van der Waals surface area contributed by atoms with Crippen molar-refractivity contribution >= 4 is 17.8 Å². The maximum Gasteiger partial charge on any atom is 0.322 e. The zero-order chi connectivity index (χ0) is 20.1. The van der Waals surface area contributed by atoms with Crippen molar-refractivity contribution in [2.24, 2.45) is 5.73 Å². The predicted molar refractivity (Wildman–Crippen MR) is 102 cm³/mol. The van der Waals surface area contributed by atoms with E-state index in [0.29, 0.717) is 42.9 Å². The summed E-state index contributed by atoms with van der Waals surface area (Å²) >= 11 is 0. The van der Waals surface area contributed by atoms with Crippen molar-refractivity contribution < 1.29 is 23.9 Å². The molecule has 2 aromatic rings. The number of esters is 1. The zero-order valence-corrected chi connectivity index (χ0v) is 15.6. The molecule has 0 fully saturated rings. The average molecular weight is 382 g/mol. The second-order valence-electron chi connectivity index (χ2n) is 6.49. The minimum absolute atomic E-state index is 0.258. The Morgan fingerprint density at radius 3 is 2.21 bits per heavy atom. The highest BCUT2D eigenvalue weighted by molar-refractivity contribution is 6.21. The Morgan fingerprint density at radius 2 is 1.64 bits per heavy atom. The summed E-state index contributed by atoms with van der Waals surface area (Å²) in [6, 6.07) is 13.4. The molecule has 0 saturated carbocycles. The minimum atomic E-state index is -0.698. The number of rotatable bonds is 8. The van der Waals surface area contributed by atoms with Gasteiger partial charge in [0.05, 0.1) is 24.8 Å². The lowest BCUT2D eigenvalue weighted by atomic mass is 10.1. The molecule has 2 N–H and O–H groups in total. The molecule has 0 radical (unpaired) electrons. The van der Waals surface area contributed by atoms with E-state index < -0.39 is 12.0 Å². The molecule has 2 aromatic carbocycles. The van der Waals surface area contributed by atoms with E-state index in [1.165, 1.54) is 12.0 Å². The topological polar surface area (TPSA) is 98.9 Å². The van der Waals surface area contributed by atoms with Crippen LogP contribution in [0, 0.1) is 0 Å². The van der Waals surface area contributed by atoms with Gasteiger partial charge in [-0.15, -0.1) is 0 Å². The fraction of sp³-hybridized carbons (Fsp3) is 0.286. The number of hydrogen-bond acceptors (Lipinski definition) is 6. The van der Waals surface area contributed by atoms with Crippen LogP contribution in [0.1, 0.15) is 32.7 Å². The van der Waals surface area contributed by atoms with Gasteiger partial charge in [-0.05, 0) is 42.7 Å². The molecule has 0 saturated heterocycles. The molecule has 3 rings (SSSR count). The average Bonchev–Trinajstić information content (AvgIpc) is 2.96. The maximum atomic E-state index is 12.3. The number of hydrogen-bond donors (Lipinski definition) is 1. The van der Waals surface area contributed by atoms with E-state index in [2.05, 4.69) is 4.74 Å². The maximum absolute atomic E-state index is 12.3. The van der Waals surface area contributed by atoms with Crippen LogP contribution in [0.25, 0.3) is 0 Å². The Morgan fingerprint density at radius 1 is 1.04 bits per heavy atom. The molecule has 1 atom stereocenters. The molecule has 0 unspecified atom stereocenters. The van der Waals surface area contributed by atoms with Gasteiger partial charge in [-0.1, -0.05) is 24.3 Å². The van der Waals surface area contributed by atoms with Gasteiger partial charge in [0.25, 0.3) is 11.8 Å². The highest BCUT2D eigenvalue weighted by Crippen LogP contribution is 2.22. The quantitative estimate of drug-likeness (QED) is 0.425. The predicted octanol–water partition coefficient (Wildman–Crippen LogP) is 1.79. The SMILES string of the molecule is COC(=O)[C@H](N)Cc1ccc(OCCCN2C(=O)c3ccccc3C2=O)cc1. The number of carbonyl (C=O) groups is 3. The lowest BCUT2D eigenvalue weighted by Crippen LogP contribution is -2.33. The third-order valence-electron chi connectivity index (χ3n) is 4.56. The number of nitrogens with zero attached hydrogens (tertiary/aromatic N) is 1. The standard InChI is InChI=1S/C21H22N2O5/c1-27-21(26)18(22)13-14-7-9-15(10-8-14)28-12-4-11-23-19(24)16-5-2-3-6-17(16)20(23)25/h2-3,5-10,18H,4,11-13,22H2,1H3/t18-/m1/s1. The third-order valence-corrected chi connectivity index (χ3v) is 4.56. The summed E-state index contributed by atoms with van der Waals surface area (Å²) in [6.45, 7) is 0.673. The van der Waals surface area contributed by atoms with Crippen LogP contribution in [0.15, 0.2) is 48.5 Å². The van der Waals surface area contributed by atoms with Crippen LogP contribution in [-0.2, 0) is 16.0 Å². The van der Waals surface area contributed by atoms with E-state index in [-0.39, 0.29) is 11.8 Å². The van der Waals surface area contributed by atoms with Crippen LogP contribution < -0.4 is 10.5 Å². The Bertz CT molecular complexity index is 844. The Balaban J connectivity index is 1.45. The van der Waals surface area contributed by atoms with Gasteiger partial charge in [-0.25, -0.2) is 0 Å². The summed E-state index contributed by atoms with van der Waals surface area (Å²) in [4.78, 5) is 37.2. The molecule has 28 heavy (non-hydrogen) atoms. The van der Waals surface area contributed by atoms with Gasteiger partial charge in [-0.2, -0.15) is 0 Å². The van der Waals surface area contributed by atoms with Crippen LogP contribution in [0.5, 0.6) is 5.75 Å². The third kappa shape index (κ3) is 4.20. The molecule has 1 heterocycles. The summed E-state index contributed by atoms with van der Waals surface area (Å²) in [5, 5.41) is 0. The largest absolute Gasteiger partial charge is 0.494 e. The number of amides is 2. The minimum Gasteiger partial charge on any atom is -0.494 e. The van der Waals surface area contributed by atoms with Crippen molar-refractivity contribution in [3.05, 3.63) is 65.2 Å². The van der Waals surface area contributed by atoms with Crippen molar-refractivity contribution in [2.45, 2.75) is 18.9 Å². The molecule has 2 amide bonds. The second kappa shape index (κ2) is 8.67. The first-order valence-corrected chi connectivity index (χ1v) is 9.01. The number of imide groups is 1. The van der Waals surface area contributed by atoms with E-state index >= 15 is 0 Å². The molecule has 0 spiro atoms. The normalized spacial score (nSPS) is 14.0. The van der Waals surface area contributed by atoms with Crippen molar-refractivity contribution in [1.82, 2.24) is 4.90 Å². The number of methoxy groups -OCH3 is 1. The van der Waals surface area contributed by atoms with E-state index in [4.69, 9.17) is 10.5 Å². The zero-order valence-electron chi connectivity index (χ0n) is 15.6. The Labute approximate surface area is 163 Å². The number of benzene rings is 2. The van der Waals surface area contributed by atoms with Gasteiger partial charge in [0, 0.05) is 6.54 Å². The number of ether oxygens (including phenoxy) is 2. The number of fused-ring (bicyclic) bond motifs is 1. The lowest BCUT2D eigenvalue weighted by molar-refractivity contribution is -0.142. The van der Waals surface area contributed by atoms with Crippen molar-refractivity contribution in [3.63, 3.8) is 0 Å². The van der Waals surface area contributed by atoms with Gasteiger partial charge in [0.2, 0.25) is 0 Å². The molecule has 1 aliphatic heterocycles. The fourth-order valence-electron chi connectivity index (χ4n) is 3.07. The van der Waals surface area contributed by atoms with Crippen molar-refractivity contribution in [2.75, 3.05) is 20.3 Å². The lowest BCUT2D eigenvalue weighted by Gasteiger charge is -2.14. The van der Waals surface area contributed by atoms with Crippen LogP contribution >= 0.6 is 0 Å². The summed E-state index contributed by atoms with van der Waals surface area (Å²) in [5.74, 6) is -0.301. The molecule has 0 aromatic heterocycles. The molecule has 0 aliphatic carbocycles. The van der Waals surface area contributed by atoms with Crippen LogP contribution in [0.4, 0.5) is 0 Å². The van der Waals surface area contributed by atoms with E-state index in [1.54, 1.807) is 36.4 Å². The van der Waals surface area contributed by atoms with Crippen molar-refractivity contribution in [3.8, 4) is 5.75 Å². The van der Waals surface area contributed by atoms with Crippen molar-refractivity contribution in [1.29, 1.82) is 0 Å². The van der Waals surface area contributed by atoms with Gasteiger partial charge in [0.1, 0.15) is 11.8 Å². The fourth-order valence-corrected chi connectivity index (χ4v) is 3.07. The van der Waals surface area contributed by atoms with E-state index in [0.717, 1.165) is 5.56 Å². The summed E-state index contributed by atoms with van der Waals surface area (Å²) in [7, 11) is 1.31. The second-order valence-corrected chi connectivity index (χ2v) is 6.49. The van der Waals surface area contributed by atoms with Crippen LogP contribution in [0.2, 0.25) is 0 Å². The Kier molecular flexibility index (Phi) is 6.06. The highest BCUT2D eigenvalue weighted by Gasteiger charge is 2.34. The van der Waals surface area contributed by atoms with Gasteiger partial charge >= 0.3 is 5.97 Å². The van der Waals surface area contributed by atoms with E-state index in [1.807, 2.05) is 12.1 Å². The molecule has 146 valence electrons. The van der Waals surface area contributed by atoms with E-state index in [9.17, 15) is 14.4 Å². The first kappa shape index (κ1) is 19.6. The first-order chi connectivity index (χ1) is 13.5. The number of nitrogens with two attached hydrogens (primary N) is 1. The summed E-state index contributed by atoms with van der Waals surface area (Å²) < 4.78 is 10.3. The number of carbonyl (C=O) groups excluding carboxylic acids is 3.